The number of carbonyl (C=O) groups excluding carboxylic acids is 1. The van der Waals surface area contributed by atoms with Crippen LogP contribution in [0.15, 0.2) is 54.6 Å². The van der Waals surface area contributed by atoms with E-state index in [0.29, 0.717) is 11.8 Å². The van der Waals surface area contributed by atoms with Gasteiger partial charge in [-0.05, 0) is 49.9 Å². The van der Waals surface area contributed by atoms with Gasteiger partial charge in [-0.3, -0.25) is 10.1 Å². The highest BCUT2D eigenvalue weighted by molar-refractivity contribution is 5.70. The number of anilines is 1. The van der Waals surface area contributed by atoms with E-state index in [0.717, 1.165) is 57.3 Å². The quantitative estimate of drug-likeness (QED) is 0.517. The molecule has 0 unspecified atom stereocenters. The zero-order chi connectivity index (χ0) is 22.3. The second-order valence-electron chi connectivity index (χ2n) is 8.57. The third-order valence-corrected chi connectivity index (χ3v) is 6.32. The lowest BCUT2D eigenvalue weighted by Crippen LogP contribution is -2.57. The molecule has 2 aliphatic rings. The summed E-state index contributed by atoms with van der Waals surface area (Å²) in [4.78, 5) is 25.2. The second kappa shape index (κ2) is 10.5. The highest BCUT2D eigenvalue weighted by Gasteiger charge is 2.30. The molecule has 3 atom stereocenters. The van der Waals surface area contributed by atoms with E-state index in [9.17, 15) is 14.9 Å². The fourth-order valence-electron chi connectivity index (χ4n) is 4.72. The number of amides is 1. The Labute approximate surface area is 188 Å². The Balaban J connectivity index is 1.33. The predicted octanol–water partition coefficient (Wildman–Crippen LogP) is 4.25. The Morgan fingerprint density at radius 1 is 0.969 bits per heavy atom. The number of non-ortho nitro benzene ring substituents is 1. The van der Waals surface area contributed by atoms with Crippen molar-refractivity contribution in [1.29, 1.82) is 0 Å². The SMILES string of the molecule is O=C(N[C@@H]1CCCC[C@H]1N[C@H]1CCCN(c2ccc([N+](=O)[O-])cc2)C1)Oc1ccccc1. The summed E-state index contributed by atoms with van der Waals surface area (Å²) in [6.45, 7) is 1.78. The largest absolute Gasteiger partial charge is 0.412 e. The first-order chi connectivity index (χ1) is 15.6. The molecule has 2 aromatic carbocycles. The molecular formula is C24H30N4O4. The van der Waals surface area contributed by atoms with Crippen LogP contribution in [0.4, 0.5) is 16.2 Å². The lowest BCUT2D eigenvalue weighted by Gasteiger charge is -2.40. The van der Waals surface area contributed by atoms with E-state index in [1.54, 1.807) is 24.3 Å². The molecular weight excluding hydrogens is 408 g/mol. The summed E-state index contributed by atoms with van der Waals surface area (Å²) in [6, 6.07) is 16.4. The number of ether oxygens (including phenoxy) is 1. The molecule has 1 amide bonds. The topological polar surface area (TPSA) is 96.7 Å². The Kier molecular flexibility index (Phi) is 7.21. The average molecular weight is 439 g/mol. The van der Waals surface area contributed by atoms with Gasteiger partial charge in [0.15, 0.2) is 0 Å². The molecule has 0 aromatic heterocycles. The minimum atomic E-state index is -0.411. The van der Waals surface area contributed by atoms with Crippen molar-refractivity contribution in [2.75, 3.05) is 18.0 Å². The number of rotatable bonds is 6. The van der Waals surface area contributed by atoms with Crippen LogP contribution < -0.4 is 20.3 Å². The molecule has 1 aliphatic heterocycles. The van der Waals surface area contributed by atoms with Crippen LogP contribution in [-0.2, 0) is 0 Å². The molecule has 4 rings (SSSR count). The fraction of sp³-hybridized carbons (Fsp3) is 0.458. The van der Waals surface area contributed by atoms with Gasteiger partial charge in [-0.25, -0.2) is 4.79 Å². The Bertz CT molecular complexity index is 906. The Morgan fingerprint density at radius 3 is 2.41 bits per heavy atom. The molecule has 170 valence electrons. The number of hydrogen-bond acceptors (Lipinski definition) is 6. The summed E-state index contributed by atoms with van der Waals surface area (Å²) in [5.41, 5.74) is 1.12. The van der Waals surface area contributed by atoms with E-state index < -0.39 is 6.09 Å². The third kappa shape index (κ3) is 5.76. The van der Waals surface area contributed by atoms with Gasteiger partial charge in [0, 0.05) is 49.0 Å². The van der Waals surface area contributed by atoms with E-state index in [2.05, 4.69) is 15.5 Å². The van der Waals surface area contributed by atoms with Crippen molar-refractivity contribution >= 4 is 17.5 Å². The lowest BCUT2D eigenvalue weighted by molar-refractivity contribution is -0.384. The van der Waals surface area contributed by atoms with Gasteiger partial charge in [-0.1, -0.05) is 31.0 Å². The first-order valence-electron chi connectivity index (χ1n) is 11.4. The standard InChI is InChI=1S/C24H30N4O4/c29-24(32-21-8-2-1-3-9-21)26-23-11-5-4-10-22(23)25-18-7-6-16-27(17-18)19-12-14-20(15-13-19)28(30)31/h1-3,8-9,12-15,18,22-23,25H,4-7,10-11,16-17H2,(H,26,29)/t18-,22+,23+/m0/s1. The number of nitro groups is 1. The van der Waals surface area contributed by atoms with Crippen LogP contribution in [0.2, 0.25) is 0 Å². The molecule has 1 saturated carbocycles. The summed E-state index contributed by atoms with van der Waals surface area (Å²) in [7, 11) is 0. The monoisotopic (exact) mass is 438 g/mol. The number of nitrogens with one attached hydrogen (secondary N) is 2. The number of nitro benzene ring substituents is 1. The number of carbonyl (C=O) groups is 1. The smallest absolute Gasteiger partial charge is 0.410 e. The summed E-state index contributed by atoms with van der Waals surface area (Å²) < 4.78 is 5.42. The van der Waals surface area contributed by atoms with Gasteiger partial charge >= 0.3 is 6.09 Å². The van der Waals surface area contributed by atoms with Crippen LogP contribution in [0.3, 0.4) is 0 Å². The van der Waals surface area contributed by atoms with E-state index in [1.165, 1.54) is 0 Å². The molecule has 1 heterocycles. The Morgan fingerprint density at radius 2 is 1.69 bits per heavy atom. The number of benzene rings is 2. The van der Waals surface area contributed by atoms with Gasteiger partial charge in [-0.2, -0.15) is 0 Å². The van der Waals surface area contributed by atoms with Crippen molar-refractivity contribution in [2.45, 2.75) is 56.7 Å². The number of piperidine rings is 1. The van der Waals surface area contributed by atoms with Crippen LogP contribution in [-0.4, -0.2) is 42.2 Å². The molecule has 2 fully saturated rings. The molecule has 0 radical (unpaired) electrons. The maximum atomic E-state index is 12.4. The summed E-state index contributed by atoms with van der Waals surface area (Å²) in [5, 5.41) is 17.8. The van der Waals surface area contributed by atoms with Crippen molar-refractivity contribution in [2.24, 2.45) is 0 Å². The molecule has 1 saturated heterocycles. The molecule has 2 N–H and O–H groups in total. The van der Waals surface area contributed by atoms with Gasteiger partial charge in [0.25, 0.3) is 5.69 Å². The minimum absolute atomic E-state index is 0.0368. The van der Waals surface area contributed by atoms with Crippen LogP contribution in [0.1, 0.15) is 38.5 Å². The first kappa shape index (κ1) is 22.1. The van der Waals surface area contributed by atoms with Crippen LogP contribution >= 0.6 is 0 Å². The van der Waals surface area contributed by atoms with E-state index in [4.69, 9.17) is 4.74 Å². The number of para-hydroxylation sites is 1. The number of hydrogen-bond donors (Lipinski definition) is 2. The van der Waals surface area contributed by atoms with Crippen molar-refractivity contribution in [1.82, 2.24) is 10.6 Å². The van der Waals surface area contributed by atoms with Crippen LogP contribution in [0.25, 0.3) is 0 Å². The van der Waals surface area contributed by atoms with Crippen molar-refractivity contribution in [3.8, 4) is 5.75 Å². The maximum Gasteiger partial charge on any atom is 0.412 e. The minimum Gasteiger partial charge on any atom is -0.410 e. The van der Waals surface area contributed by atoms with Gasteiger partial charge < -0.3 is 20.3 Å². The van der Waals surface area contributed by atoms with Gasteiger partial charge in [0.05, 0.1) is 4.92 Å². The maximum absolute atomic E-state index is 12.4. The third-order valence-electron chi connectivity index (χ3n) is 6.32. The highest BCUT2D eigenvalue weighted by Crippen LogP contribution is 2.25. The van der Waals surface area contributed by atoms with E-state index >= 15 is 0 Å². The van der Waals surface area contributed by atoms with Gasteiger partial charge in [0.1, 0.15) is 5.75 Å². The van der Waals surface area contributed by atoms with Crippen LogP contribution in [0.5, 0.6) is 5.75 Å². The normalized spacial score (nSPS) is 23.4. The van der Waals surface area contributed by atoms with Gasteiger partial charge in [0.2, 0.25) is 0 Å². The average Bonchev–Trinajstić information content (AvgIpc) is 2.81. The van der Waals surface area contributed by atoms with E-state index in [1.807, 2.05) is 30.3 Å². The number of nitrogens with zero attached hydrogens (tertiary/aromatic N) is 2. The lowest BCUT2D eigenvalue weighted by atomic mass is 9.89. The summed E-state index contributed by atoms with van der Waals surface area (Å²) in [6.07, 6.45) is 5.89. The molecule has 32 heavy (non-hydrogen) atoms. The fourth-order valence-corrected chi connectivity index (χ4v) is 4.72. The summed E-state index contributed by atoms with van der Waals surface area (Å²) >= 11 is 0. The highest BCUT2D eigenvalue weighted by atomic mass is 16.6. The molecule has 0 bridgehead atoms. The van der Waals surface area contributed by atoms with Gasteiger partial charge in [-0.15, -0.1) is 0 Å². The molecule has 8 heteroatoms. The Hall–Kier alpha value is -3.13. The zero-order valence-corrected chi connectivity index (χ0v) is 18.1. The second-order valence-corrected chi connectivity index (χ2v) is 8.57. The van der Waals surface area contributed by atoms with Crippen molar-refractivity contribution in [3.05, 3.63) is 64.7 Å². The predicted molar refractivity (Wildman–Crippen MR) is 123 cm³/mol. The van der Waals surface area contributed by atoms with E-state index in [-0.39, 0.29) is 22.7 Å². The molecule has 0 spiro atoms. The first-order valence-corrected chi connectivity index (χ1v) is 11.4. The zero-order valence-electron chi connectivity index (χ0n) is 18.1. The van der Waals surface area contributed by atoms with Crippen molar-refractivity contribution < 1.29 is 14.5 Å². The molecule has 1 aliphatic carbocycles. The molecule has 2 aromatic rings. The van der Waals surface area contributed by atoms with Crippen molar-refractivity contribution in [3.63, 3.8) is 0 Å². The van der Waals surface area contributed by atoms with Crippen LogP contribution in [0, 0.1) is 10.1 Å². The molecule has 8 nitrogen and oxygen atoms in total. The summed E-state index contributed by atoms with van der Waals surface area (Å²) in [5.74, 6) is 0.538.